The second kappa shape index (κ2) is 13.8. The number of hydrogen-bond acceptors (Lipinski definition) is 8. The van der Waals surface area contributed by atoms with E-state index < -0.39 is 22.9 Å². The molecule has 0 unspecified atom stereocenters. The molecule has 1 atom stereocenters. The minimum absolute atomic E-state index is 0.0229. The summed E-state index contributed by atoms with van der Waals surface area (Å²) in [5, 5.41) is 9.18. The zero-order valence-corrected chi connectivity index (χ0v) is 27.6. The number of amides is 2. The monoisotopic (exact) mass is 668 g/mol. The van der Waals surface area contributed by atoms with Gasteiger partial charge in [0.25, 0.3) is 5.91 Å². The molecule has 1 aromatic carbocycles. The van der Waals surface area contributed by atoms with Crippen LogP contribution in [0.4, 0.5) is 4.39 Å². The summed E-state index contributed by atoms with van der Waals surface area (Å²) >= 11 is 0. The average Bonchev–Trinajstić information content (AvgIpc) is 3.46. The maximum Gasteiger partial charge on any atom is 0.347 e. The van der Waals surface area contributed by atoms with Gasteiger partial charge in [-0.15, -0.1) is 0 Å². The van der Waals surface area contributed by atoms with Gasteiger partial charge in [-0.25, -0.2) is 28.7 Å². The molecule has 0 bridgehead atoms. The Hall–Kier alpha value is -5.66. The largest absolute Gasteiger partial charge is 0.483 e. The normalized spacial score (nSPS) is 13.6. The Morgan fingerprint density at radius 3 is 2.57 bits per heavy atom. The van der Waals surface area contributed by atoms with E-state index in [4.69, 9.17) is 4.74 Å². The summed E-state index contributed by atoms with van der Waals surface area (Å²) < 4.78 is 24.1. The smallest absolute Gasteiger partial charge is 0.347 e. The van der Waals surface area contributed by atoms with E-state index in [0.29, 0.717) is 30.0 Å². The number of carbonyl (C=O) groups excluding carboxylic acids is 2. The van der Waals surface area contributed by atoms with Crippen molar-refractivity contribution in [2.75, 3.05) is 6.54 Å². The second-order valence-corrected chi connectivity index (χ2v) is 12.6. The lowest BCUT2D eigenvalue weighted by atomic mass is 9.90. The molecule has 5 aromatic rings. The van der Waals surface area contributed by atoms with Gasteiger partial charge < -0.3 is 19.5 Å². The Morgan fingerprint density at radius 1 is 1.06 bits per heavy atom. The lowest BCUT2D eigenvalue weighted by Crippen LogP contribution is -2.46. The number of fused-ring (bicyclic) bond motifs is 2. The number of H-pyrrole nitrogens is 1. The van der Waals surface area contributed by atoms with Crippen molar-refractivity contribution in [3.63, 3.8) is 0 Å². The highest BCUT2D eigenvalue weighted by Gasteiger charge is 2.33. The molecule has 0 spiro atoms. The van der Waals surface area contributed by atoms with Crippen LogP contribution in [0.3, 0.4) is 0 Å². The van der Waals surface area contributed by atoms with Crippen LogP contribution in [0.25, 0.3) is 17.0 Å². The van der Waals surface area contributed by atoms with E-state index in [2.05, 4.69) is 25.5 Å². The lowest BCUT2D eigenvalue weighted by Gasteiger charge is -2.35. The standard InChI is InChI=1S/C35H37FN8O5/c1-20(2)25(15-27-26(36)17-37-32(39-27)23-10-11-29-40-41-35(48)44(29)18-23)33(46)38-16-24-14-28(45)31(49-19-22-8-6-5-7-9-22)30-34(47)42(21(3)4)12-13-43(24)30/h5-11,14,17-18,20-21,25H,12-13,15-16,19H2,1-4H3,(H,38,46)(H,41,48)/t25-/m0/s1. The van der Waals surface area contributed by atoms with Crippen molar-refractivity contribution in [3.05, 3.63) is 110 Å². The van der Waals surface area contributed by atoms with Crippen molar-refractivity contribution >= 4 is 17.5 Å². The molecule has 4 aromatic heterocycles. The highest BCUT2D eigenvalue weighted by Crippen LogP contribution is 2.26. The van der Waals surface area contributed by atoms with E-state index in [1.807, 2.05) is 58.0 Å². The van der Waals surface area contributed by atoms with Crippen molar-refractivity contribution < 1.29 is 18.7 Å². The molecular formula is C35H37FN8O5. The van der Waals surface area contributed by atoms with E-state index in [1.165, 1.54) is 16.7 Å². The number of ether oxygens (including phenoxy) is 1. The maximum absolute atomic E-state index is 15.0. The fourth-order valence-corrected chi connectivity index (χ4v) is 5.97. The molecule has 0 saturated heterocycles. The Labute approximate surface area is 280 Å². The first kappa shape index (κ1) is 33.2. The van der Waals surface area contributed by atoms with E-state index >= 15 is 4.39 Å². The van der Waals surface area contributed by atoms with Gasteiger partial charge in [0.2, 0.25) is 11.3 Å². The predicted molar refractivity (Wildman–Crippen MR) is 178 cm³/mol. The second-order valence-electron chi connectivity index (χ2n) is 12.6. The first-order valence-electron chi connectivity index (χ1n) is 16.1. The highest BCUT2D eigenvalue weighted by molar-refractivity contribution is 5.96. The van der Waals surface area contributed by atoms with Gasteiger partial charge in [-0.05, 0) is 37.5 Å². The molecular weight excluding hydrogens is 631 g/mol. The van der Waals surface area contributed by atoms with Gasteiger partial charge in [-0.1, -0.05) is 44.2 Å². The Bertz CT molecular complexity index is 2140. The topological polar surface area (TPSA) is 157 Å². The first-order valence-corrected chi connectivity index (χ1v) is 16.1. The van der Waals surface area contributed by atoms with Gasteiger partial charge in [0.15, 0.2) is 28.7 Å². The Kier molecular flexibility index (Phi) is 9.38. The predicted octanol–water partition coefficient (Wildman–Crippen LogP) is 3.35. The van der Waals surface area contributed by atoms with Gasteiger partial charge >= 0.3 is 5.69 Å². The number of pyridine rings is 2. The molecule has 0 saturated carbocycles. The molecule has 2 amide bonds. The summed E-state index contributed by atoms with van der Waals surface area (Å²) in [7, 11) is 0. The summed E-state index contributed by atoms with van der Waals surface area (Å²) in [4.78, 5) is 63.1. The molecule has 0 aliphatic carbocycles. The molecule has 13 nitrogen and oxygen atoms in total. The first-order chi connectivity index (χ1) is 23.5. The van der Waals surface area contributed by atoms with Crippen molar-refractivity contribution in [2.45, 2.75) is 59.9 Å². The fraction of sp³-hybridized carbons (Fsp3) is 0.343. The number of halogens is 1. The van der Waals surface area contributed by atoms with Crippen LogP contribution in [-0.2, 0) is 30.9 Å². The van der Waals surface area contributed by atoms with E-state index in [1.54, 1.807) is 21.6 Å². The molecule has 6 rings (SSSR count). The molecule has 1 aliphatic heterocycles. The number of nitrogens with one attached hydrogen (secondary N) is 2. The molecule has 14 heteroatoms. The number of carbonyl (C=O) groups is 2. The van der Waals surface area contributed by atoms with Crippen molar-refractivity contribution in [3.8, 4) is 17.1 Å². The third kappa shape index (κ3) is 6.84. The summed E-state index contributed by atoms with van der Waals surface area (Å²) in [5.74, 6) is -2.07. The van der Waals surface area contributed by atoms with Crippen LogP contribution in [0.2, 0.25) is 0 Å². The fourth-order valence-electron chi connectivity index (χ4n) is 5.97. The maximum atomic E-state index is 15.0. The van der Waals surface area contributed by atoms with Crippen molar-refractivity contribution in [1.29, 1.82) is 0 Å². The van der Waals surface area contributed by atoms with Gasteiger partial charge in [-0.3, -0.25) is 14.4 Å². The zero-order chi connectivity index (χ0) is 34.8. The molecule has 0 radical (unpaired) electrons. The molecule has 254 valence electrons. The van der Waals surface area contributed by atoms with Crippen LogP contribution in [0, 0.1) is 17.7 Å². The quantitative estimate of drug-likeness (QED) is 0.217. The number of aromatic amines is 1. The Balaban J connectivity index is 1.24. The molecule has 49 heavy (non-hydrogen) atoms. The van der Waals surface area contributed by atoms with Crippen LogP contribution < -0.4 is 21.2 Å². The summed E-state index contributed by atoms with van der Waals surface area (Å²) in [6, 6.07) is 14.0. The van der Waals surface area contributed by atoms with Crippen LogP contribution in [0.1, 0.15) is 55.1 Å². The van der Waals surface area contributed by atoms with E-state index in [0.717, 1.165) is 11.8 Å². The third-order valence-corrected chi connectivity index (χ3v) is 8.72. The van der Waals surface area contributed by atoms with Gasteiger partial charge in [0.1, 0.15) is 6.61 Å². The number of hydrogen-bond donors (Lipinski definition) is 2. The van der Waals surface area contributed by atoms with Crippen molar-refractivity contribution in [1.82, 2.24) is 39.3 Å². The summed E-state index contributed by atoms with van der Waals surface area (Å²) in [6.45, 7) is 8.45. The molecule has 0 fully saturated rings. The molecule has 1 aliphatic rings. The SMILES string of the molecule is CC(C)[C@H](Cc1nc(-c2ccc3n[nH]c(=O)n3c2)ncc1F)C(=O)NCc1cc(=O)c(OCc2ccccc2)c2n1CCN(C(C)C)C2=O. The van der Waals surface area contributed by atoms with Gasteiger partial charge in [0.05, 0.1) is 18.4 Å². The average molecular weight is 669 g/mol. The number of aromatic nitrogens is 6. The van der Waals surface area contributed by atoms with E-state index in [9.17, 15) is 19.2 Å². The number of benzene rings is 1. The minimum atomic E-state index is -0.685. The number of nitrogens with zero attached hydrogens (tertiary/aromatic N) is 6. The lowest BCUT2D eigenvalue weighted by molar-refractivity contribution is -0.126. The number of rotatable bonds is 11. The highest BCUT2D eigenvalue weighted by atomic mass is 19.1. The molecule has 2 N–H and O–H groups in total. The van der Waals surface area contributed by atoms with Crippen molar-refractivity contribution in [2.24, 2.45) is 11.8 Å². The van der Waals surface area contributed by atoms with Crippen LogP contribution in [0.15, 0.2) is 70.5 Å². The summed E-state index contributed by atoms with van der Waals surface area (Å²) in [5.41, 5.74) is 1.49. The zero-order valence-electron chi connectivity index (χ0n) is 27.6. The third-order valence-electron chi connectivity index (χ3n) is 8.72. The van der Waals surface area contributed by atoms with Gasteiger partial charge in [-0.2, -0.15) is 5.10 Å². The van der Waals surface area contributed by atoms with Crippen LogP contribution >= 0.6 is 0 Å². The van der Waals surface area contributed by atoms with E-state index in [-0.39, 0.29) is 66.3 Å². The summed E-state index contributed by atoms with van der Waals surface area (Å²) in [6.07, 6.45) is 2.54. The Morgan fingerprint density at radius 2 is 1.84 bits per heavy atom. The van der Waals surface area contributed by atoms with Crippen LogP contribution in [-0.4, -0.2) is 58.4 Å². The van der Waals surface area contributed by atoms with Crippen LogP contribution in [0.5, 0.6) is 5.75 Å². The van der Waals surface area contributed by atoms with Gasteiger partial charge in [0, 0.05) is 55.0 Å². The molecule has 5 heterocycles. The minimum Gasteiger partial charge on any atom is -0.483 e.